The van der Waals surface area contributed by atoms with E-state index in [9.17, 15) is 4.79 Å². The standard InChI is InChI=1S/C17H16N2OS2/c1-13-11-21-16(18-13)9-5-3-7-15(20)8-4-6-10-17-19-14(2)12-22-17/h3-12H,1-2H3/b7-3+,8-4+,9-5+,10-6+. The predicted molar refractivity (Wildman–Crippen MR) is 95.1 cm³/mol. The van der Waals surface area contributed by atoms with Gasteiger partial charge in [-0.3, -0.25) is 4.79 Å². The van der Waals surface area contributed by atoms with Gasteiger partial charge >= 0.3 is 0 Å². The summed E-state index contributed by atoms with van der Waals surface area (Å²) in [6, 6.07) is 0. The molecule has 22 heavy (non-hydrogen) atoms. The number of ketones is 1. The van der Waals surface area contributed by atoms with Gasteiger partial charge in [-0.2, -0.15) is 0 Å². The van der Waals surface area contributed by atoms with E-state index >= 15 is 0 Å². The van der Waals surface area contributed by atoms with Gasteiger partial charge in [0, 0.05) is 22.1 Å². The van der Waals surface area contributed by atoms with Crippen molar-refractivity contribution in [2.45, 2.75) is 13.8 Å². The lowest BCUT2D eigenvalue weighted by Crippen LogP contribution is -1.82. The van der Waals surface area contributed by atoms with E-state index < -0.39 is 0 Å². The second kappa shape index (κ2) is 8.36. The molecular formula is C17H16N2OS2. The van der Waals surface area contributed by atoms with Crippen molar-refractivity contribution in [1.29, 1.82) is 0 Å². The molecule has 0 aromatic carbocycles. The number of hydrogen-bond acceptors (Lipinski definition) is 5. The highest BCUT2D eigenvalue weighted by molar-refractivity contribution is 7.10. The first kappa shape index (κ1) is 16.3. The maximum absolute atomic E-state index is 11.6. The molecule has 0 fully saturated rings. The van der Waals surface area contributed by atoms with Crippen LogP contribution in [0.25, 0.3) is 12.2 Å². The number of nitrogens with zero attached hydrogens (tertiary/aromatic N) is 2. The minimum absolute atomic E-state index is 0.0556. The second-order valence-electron chi connectivity index (χ2n) is 4.49. The van der Waals surface area contributed by atoms with Gasteiger partial charge < -0.3 is 0 Å². The Balaban J connectivity index is 1.79. The van der Waals surface area contributed by atoms with Crippen LogP contribution in [0.3, 0.4) is 0 Å². The van der Waals surface area contributed by atoms with Crippen molar-refractivity contribution in [2.75, 3.05) is 0 Å². The van der Waals surface area contributed by atoms with Crippen LogP contribution < -0.4 is 0 Å². The zero-order chi connectivity index (χ0) is 15.8. The zero-order valence-electron chi connectivity index (χ0n) is 12.4. The Kier molecular flexibility index (Phi) is 6.18. The third-order valence-corrected chi connectivity index (χ3v) is 4.35. The molecule has 0 atom stereocenters. The van der Waals surface area contributed by atoms with Gasteiger partial charge in [0.05, 0.1) is 0 Å². The van der Waals surface area contributed by atoms with Crippen molar-refractivity contribution < 1.29 is 4.79 Å². The number of carbonyl (C=O) groups is 1. The summed E-state index contributed by atoms with van der Waals surface area (Å²) >= 11 is 3.16. The number of carbonyl (C=O) groups excluding carboxylic acids is 1. The van der Waals surface area contributed by atoms with E-state index in [1.165, 1.54) is 12.2 Å². The number of hydrogen-bond donors (Lipinski definition) is 0. The maximum Gasteiger partial charge on any atom is 0.178 e. The monoisotopic (exact) mass is 328 g/mol. The van der Waals surface area contributed by atoms with E-state index in [1.54, 1.807) is 34.8 Å². The van der Waals surface area contributed by atoms with Crippen molar-refractivity contribution >= 4 is 40.6 Å². The minimum atomic E-state index is -0.0556. The van der Waals surface area contributed by atoms with Gasteiger partial charge in [-0.05, 0) is 38.2 Å². The third-order valence-electron chi connectivity index (χ3n) is 2.49. The molecule has 0 spiro atoms. The van der Waals surface area contributed by atoms with E-state index in [-0.39, 0.29) is 5.78 Å². The Morgan fingerprint density at radius 1 is 0.864 bits per heavy atom. The Hall–Kier alpha value is -2.11. The van der Waals surface area contributed by atoms with Crippen LogP contribution >= 0.6 is 22.7 Å². The Bertz CT molecular complexity index is 686. The fourth-order valence-electron chi connectivity index (χ4n) is 1.53. The van der Waals surface area contributed by atoms with Crippen LogP contribution in [0.1, 0.15) is 21.4 Å². The summed E-state index contributed by atoms with van der Waals surface area (Å²) in [5.74, 6) is -0.0556. The summed E-state index contributed by atoms with van der Waals surface area (Å²) in [6.45, 7) is 3.91. The lowest BCUT2D eigenvalue weighted by molar-refractivity contribution is -0.110. The first-order valence-corrected chi connectivity index (χ1v) is 8.47. The van der Waals surface area contributed by atoms with Gasteiger partial charge in [-0.25, -0.2) is 9.97 Å². The number of aromatic nitrogens is 2. The number of thiazole rings is 2. The molecule has 0 aliphatic rings. The van der Waals surface area contributed by atoms with Gasteiger partial charge in [0.25, 0.3) is 0 Å². The van der Waals surface area contributed by atoms with Crippen LogP contribution in [-0.2, 0) is 4.79 Å². The van der Waals surface area contributed by atoms with Crippen LogP contribution in [0.15, 0.2) is 47.2 Å². The number of allylic oxidation sites excluding steroid dienone is 6. The molecule has 5 heteroatoms. The molecule has 112 valence electrons. The molecule has 0 N–H and O–H groups in total. The lowest BCUT2D eigenvalue weighted by atomic mass is 10.3. The van der Waals surface area contributed by atoms with Crippen LogP contribution in [0.5, 0.6) is 0 Å². The average molecular weight is 328 g/mol. The number of aryl methyl sites for hydroxylation is 2. The Labute approximate surface area is 138 Å². The molecule has 0 unspecified atom stereocenters. The van der Waals surface area contributed by atoms with Crippen LogP contribution in [0, 0.1) is 13.8 Å². The van der Waals surface area contributed by atoms with Crippen molar-refractivity contribution in [2.24, 2.45) is 0 Å². The molecular weight excluding hydrogens is 312 g/mol. The fourth-order valence-corrected chi connectivity index (χ4v) is 2.93. The Morgan fingerprint density at radius 3 is 1.68 bits per heavy atom. The van der Waals surface area contributed by atoms with Crippen molar-refractivity contribution in [3.63, 3.8) is 0 Å². The molecule has 0 aliphatic carbocycles. The van der Waals surface area contributed by atoms with E-state index in [0.717, 1.165) is 21.4 Å². The highest BCUT2D eigenvalue weighted by Gasteiger charge is 1.92. The SMILES string of the molecule is Cc1csc(/C=C/C=C/C(=O)/C=C/C=C/c2nc(C)cs2)n1. The predicted octanol–water partition coefficient (Wildman–Crippen LogP) is 4.62. The lowest BCUT2D eigenvalue weighted by Gasteiger charge is -1.82. The zero-order valence-corrected chi connectivity index (χ0v) is 14.0. The fraction of sp³-hybridized carbons (Fsp3) is 0.118. The van der Waals surface area contributed by atoms with Crippen LogP contribution in [0.2, 0.25) is 0 Å². The third kappa shape index (κ3) is 5.71. The summed E-state index contributed by atoms with van der Waals surface area (Å²) < 4.78 is 0. The Morgan fingerprint density at radius 2 is 1.32 bits per heavy atom. The highest BCUT2D eigenvalue weighted by atomic mass is 32.1. The second-order valence-corrected chi connectivity index (χ2v) is 6.27. The summed E-state index contributed by atoms with van der Waals surface area (Å²) in [5, 5.41) is 5.86. The summed E-state index contributed by atoms with van der Waals surface area (Å²) in [4.78, 5) is 20.2. The topological polar surface area (TPSA) is 42.9 Å². The summed E-state index contributed by atoms with van der Waals surface area (Å²) in [7, 11) is 0. The first-order chi connectivity index (χ1) is 10.6. The van der Waals surface area contributed by atoms with Crippen LogP contribution in [-0.4, -0.2) is 15.8 Å². The molecule has 0 radical (unpaired) electrons. The van der Waals surface area contributed by atoms with Crippen molar-refractivity contribution in [3.05, 3.63) is 68.6 Å². The molecule has 0 saturated heterocycles. The molecule has 2 aromatic heterocycles. The molecule has 3 nitrogen and oxygen atoms in total. The van der Waals surface area contributed by atoms with E-state index in [1.807, 2.05) is 48.9 Å². The molecule has 0 amide bonds. The van der Waals surface area contributed by atoms with Gasteiger partial charge in [0.15, 0.2) is 5.78 Å². The van der Waals surface area contributed by atoms with Gasteiger partial charge in [0.1, 0.15) is 10.0 Å². The van der Waals surface area contributed by atoms with Gasteiger partial charge in [-0.1, -0.05) is 24.3 Å². The van der Waals surface area contributed by atoms with E-state index in [2.05, 4.69) is 9.97 Å². The minimum Gasteiger partial charge on any atom is -0.290 e. The quantitative estimate of drug-likeness (QED) is 0.574. The summed E-state index contributed by atoms with van der Waals surface area (Å²) in [5.41, 5.74) is 2.02. The average Bonchev–Trinajstić information content (AvgIpc) is 3.08. The molecule has 2 heterocycles. The molecule has 0 bridgehead atoms. The van der Waals surface area contributed by atoms with E-state index in [4.69, 9.17) is 0 Å². The van der Waals surface area contributed by atoms with Gasteiger partial charge in [0.2, 0.25) is 0 Å². The molecule has 2 rings (SSSR count). The van der Waals surface area contributed by atoms with Gasteiger partial charge in [-0.15, -0.1) is 22.7 Å². The van der Waals surface area contributed by atoms with E-state index in [0.29, 0.717) is 0 Å². The molecule has 2 aromatic rings. The van der Waals surface area contributed by atoms with Crippen molar-refractivity contribution in [1.82, 2.24) is 9.97 Å². The van der Waals surface area contributed by atoms with Crippen LogP contribution in [0.4, 0.5) is 0 Å². The normalized spacial score (nSPS) is 12.5. The first-order valence-electron chi connectivity index (χ1n) is 6.71. The molecule has 0 saturated carbocycles. The largest absolute Gasteiger partial charge is 0.290 e. The van der Waals surface area contributed by atoms with Crippen molar-refractivity contribution in [3.8, 4) is 0 Å². The maximum atomic E-state index is 11.6. The number of rotatable bonds is 6. The highest BCUT2D eigenvalue weighted by Crippen LogP contribution is 2.10. The molecule has 0 aliphatic heterocycles. The summed E-state index contributed by atoms with van der Waals surface area (Å²) in [6.07, 6.45) is 13.9. The smallest absolute Gasteiger partial charge is 0.178 e.